The van der Waals surface area contributed by atoms with E-state index in [9.17, 15) is 9.60 Å². The van der Waals surface area contributed by atoms with Crippen LogP contribution in [0.25, 0.3) is 0 Å². The number of oxime groups is 1. The summed E-state index contributed by atoms with van der Waals surface area (Å²) in [5.74, 6) is -0.529. The first kappa shape index (κ1) is 19.2. The highest BCUT2D eigenvalue weighted by atomic mass is 79.9. The minimum atomic E-state index is -0.726. The van der Waals surface area contributed by atoms with E-state index in [2.05, 4.69) is 26.1 Å². The predicted octanol–water partition coefficient (Wildman–Crippen LogP) is 5.78. The second-order valence-electron chi connectivity index (χ2n) is 6.55. The summed E-state index contributed by atoms with van der Waals surface area (Å²) < 4.78 is 15.2. The molecule has 0 spiro atoms. The highest BCUT2D eigenvalue weighted by Gasteiger charge is 2.37. The first-order valence-electron chi connectivity index (χ1n) is 8.60. The van der Waals surface area contributed by atoms with E-state index in [0.717, 1.165) is 26.7 Å². The van der Waals surface area contributed by atoms with E-state index in [0.29, 0.717) is 12.1 Å². The van der Waals surface area contributed by atoms with Gasteiger partial charge in [-0.3, -0.25) is 0 Å². The molecule has 0 saturated carbocycles. The Labute approximate surface area is 166 Å². The smallest absolute Gasteiger partial charge is 0.213 e. The first-order valence-corrected chi connectivity index (χ1v) is 9.39. The molecule has 0 saturated heterocycles. The fraction of sp³-hybridized carbons (Fsp3) is 0.182. The molecule has 0 aliphatic rings. The van der Waals surface area contributed by atoms with Crippen molar-refractivity contribution in [3.05, 3.63) is 99.0 Å². The van der Waals surface area contributed by atoms with Gasteiger partial charge in [0.1, 0.15) is 0 Å². The Hall–Kier alpha value is -2.53. The number of hydrogen-bond donors (Lipinski definition) is 1. The normalized spacial score (nSPS) is 13.6. The largest absolute Gasteiger partial charge is 0.411 e. The average Bonchev–Trinajstić information content (AvgIpc) is 2.63. The van der Waals surface area contributed by atoms with Crippen LogP contribution in [0, 0.1) is 19.8 Å². The van der Waals surface area contributed by atoms with Crippen molar-refractivity contribution < 1.29 is 9.60 Å². The fourth-order valence-electron chi connectivity index (χ4n) is 3.68. The molecule has 0 aliphatic carbocycles. The lowest BCUT2D eigenvalue weighted by Gasteiger charge is -2.36. The fourth-order valence-corrected chi connectivity index (χ4v) is 4.08. The summed E-state index contributed by atoms with van der Waals surface area (Å²) in [7, 11) is 0. The van der Waals surface area contributed by atoms with Crippen LogP contribution in [0.4, 0.5) is 4.39 Å². The molecular formula is C22H20BrFN2O. The van der Waals surface area contributed by atoms with Crippen molar-refractivity contribution in [1.29, 1.82) is 0 Å². The zero-order chi connectivity index (χ0) is 19.4. The number of pyridine rings is 1. The maximum absolute atomic E-state index is 14.3. The molecule has 0 amide bonds. The Morgan fingerprint density at radius 3 is 2.52 bits per heavy atom. The molecule has 0 aliphatic heterocycles. The number of halogens is 2. The van der Waals surface area contributed by atoms with Crippen LogP contribution in [0.2, 0.25) is 0 Å². The highest BCUT2D eigenvalue weighted by molar-refractivity contribution is 9.10. The predicted molar refractivity (Wildman–Crippen MR) is 109 cm³/mol. The van der Waals surface area contributed by atoms with E-state index in [-0.39, 0.29) is 0 Å². The Morgan fingerprint density at radius 2 is 1.85 bits per heavy atom. The van der Waals surface area contributed by atoms with Crippen LogP contribution in [-0.2, 0) is 5.41 Å². The SMILES string of the molecule is Cc1cc(C(C/C=N/O)(c2cccc(Br)c2)c2ccccc2C)cc(F)n1. The summed E-state index contributed by atoms with van der Waals surface area (Å²) in [6.45, 7) is 3.80. The summed E-state index contributed by atoms with van der Waals surface area (Å²) in [5.41, 5.74) is 3.69. The molecule has 2 aromatic carbocycles. The lowest BCUT2D eigenvalue weighted by atomic mass is 9.66. The molecule has 3 rings (SSSR count). The summed E-state index contributed by atoms with van der Waals surface area (Å²) in [6.07, 6.45) is 1.83. The molecule has 1 aromatic heterocycles. The van der Waals surface area contributed by atoms with Gasteiger partial charge in [-0.15, -0.1) is 5.16 Å². The zero-order valence-corrected chi connectivity index (χ0v) is 16.7. The first-order chi connectivity index (χ1) is 13.0. The third-order valence-electron chi connectivity index (χ3n) is 4.82. The van der Waals surface area contributed by atoms with Gasteiger partial charge in [0, 0.05) is 22.8 Å². The van der Waals surface area contributed by atoms with Crippen LogP contribution in [-0.4, -0.2) is 16.4 Å². The molecule has 0 fully saturated rings. The van der Waals surface area contributed by atoms with E-state index < -0.39 is 11.4 Å². The van der Waals surface area contributed by atoms with Gasteiger partial charge in [0.05, 0.1) is 5.41 Å². The molecule has 1 N–H and O–H groups in total. The van der Waals surface area contributed by atoms with Gasteiger partial charge in [0.25, 0.3) is 0 Å². The quantitative estimate of drug-likeness (QED) is 0.243. The molecule has 3 aromatic rings. The molecule has 1 atom stereocenters. The molecule has 1 unspecified atom stereocenters. The van der Waals surface area contributed by atoms with Gasteiger partial charge in [0.2, 0.25) is 5.95 Å². The molecule has 138 valence electrons. The minimum Gasteiger partial charge on any atom is -0.411 e. The highest BCUT2D eigenvalue weighted by Crippen LogP contribution is 2.44. The van der Waals surface area contributed by atoms with E-state index in [4.69, 9.17) is 0 Å². The van der Waals surface area contributed by atoms with Crippen LogP contribution in [0.1, 0.15) is 34.4 Å². The van der Waals surface area contributed by atoms with E-state index in [1.807, 2.05) is 61.5 Å². The third-order valence-corrected chi connectivity index (χ3v) is 5.31. The lowest BCUT2D eigenvalue weighted by molar-refractivity contribution is 0.319. The second-order valence-corrected chi connectivity index (χ2v) is 7.47. The van der Waals surface area contributed by atoms with Gasteiger partial charge in [-0.05, 0) is 60.4 Å². The summed E-state index contributed by atoms with van der Waals surface area (Å²) in [6, 6.07) is 19.3. The number of aromatic nitrogens is 1. The van der Waals surface area contributed by atoms with Crippen molar-refractivity contribution in [2.24, 2.45) is 5.16 Å². The molecule has 3 nitrogen and oxygen atoms in total. The Morgan fingerprint density at radius 1 is 1.07 bits per heavy atom. The topological polar surface area (TPSA) is 45.5 Å². The van der Waals surface area contributed by atoms with Crippen molar-refractivity contribution in [1.82, 2.24) is 4.98 Å². The van der Waals surface area contributed by atoms with Gasteiger partial charge < -0.3 is 5.21 Å². The van der Waals surface area contributed by atoms with Gasteiger partial charge in [-0.1, -0.05) is 52.3 Å². The standard InChI is InChI=1S/C22H20BrFN2O/c1-15-6-3-4-9-20(15)22(10-11-25-27,17-7-5-8-19(23)13-17)18-12-16(2)26-21(24)14-18/h3-9,11-14,27H,10H2,1-2H3/b25-11+. The van der Waals surface area contributed by atoms with Crippen LogP contribution < -0.4 is 0 Å². The maximum Gasteiger partial charge on any atom is 0.213 e. The Balaban J connectivity index is 2.43. The molecule has 0 bridgehead atoms. The van der Waals surface area contributed by atoms with Gasteiger partial charge in [0.15, 0.2) is 0 Å². The lowest BCUT2D eigenvalue weighted by Crippen LogP contribution is -2.31. The van der Waals surface area contributed by atoms with Gasteiger partial charge in [-0.2, -0.15) is 4.39 Å². The summed E-state index contributed by atoms with van der Waals surface area (Å²) in [4.78, 5) is 3.90. The summed E-state index contributed by atoms with van der Waals surface area (Å²) in [5, 5.41) is 12.4. The van der Waals surface area contributed by atoms with Crippen LogP contribution in [0.3, 0.4) is 0 Å². The second kappa shape index (κ2) is 8.01. The molecule has 1 heterocycles. The maximum atomic E-state index is 14.3. The molecular weight excluding hydrogens is 407 g/mol. The van der Waals surface area contributed by atoms with E-state index >= 15 is 0 Å². The van der Waals surface area contributed by atoms with Crippen molar-refractivity contribution in [3.8, 4) is 0 Å². The Bertz CT molecular complexity index is 969. The van der Waals surface area contributed by atoms with Crippen molar-refractivity contribution in [3.63, 3.8) is 0 Å². The van der Waals surface area contributed by atoms with Crippen LogP contribution >= 0.6 is 15.9 Å². The monoisotopic (exact) mass is 426 g/mol. The number of hydrogen-bond acceptors (Lipinski definition) is 3. The van der Waals surface area contributed by atoms with E-state index in [1.165, 1.54) is 12.3 Å². The minimum absolute atomic E-state index is 0.369. The molecule has 0 radical (unpaired) electrons. The van der Waals surface area contributed by atoms with E-state index in [1.54, 1.807) is 6.92 Å². The van der Waals surface area contributed by atoms with Crippen LogP contribution in [0.5, 0.6) is 0 Å². The number of aryl methyl sites for hydroxylation is 2. The average molecular weight is 427 g/mol. The Kier molecular flexibility index (Phi) is 5.71. The summed E-state index contributed by atoms with van der Waals surface area (Å²) >= 11 is 3.55. The van der Waals surface area contributed by atoms with Gasteiger partial charge >= 0.3 is 0 Å². The zero-order valence-electron chi connectivity index (χ0n) is 15.2. The number of nitrogens with zero attached hydrogens (tertiary/aromatic N) is 2. The molecule has 27 heavy (non-hydrogen) atoms. The van der Waals surface area contributed by atoms with Crippen molar-refractivity contribution in [2.45, 2.75) is 25.7 Å². The van der Waals surface area contributed by atoms with Crippen molar-refractivity contribution in [2.75, 3.05) is 0 Å². The van der Waals surface area contributed by atoms with Gasteiger partial charge in [-0.25, -0.2) is 4.98 Å². The van der Waals surface area contributed by atoms with Crippen molar-refractivity contribution >= 4 is 22.1 Å². The number of benzene rings is 2. The third kappa shape index (κ3) is 3.78. The molecule has 5 heteroatoms. The number of rotatable bonds is 5. The van der Waals surface area contributed by atoms with Crippen LogP contribution in [0.15, 0.2) is 70.3 Å².